The molecule has 7 rings (SSSR count). The molecule has 2 nitrogen and oxygen atoms in total. The van der Waals surface area contributed by atoms with Crippen molar-refractivity contribution in [3.05, 3.63) is 142 Å². The molecule has 1 atom stereocenters. The number of rotatable bonds is 3. The van der Waals surface area contributed by atoms with Gasteiger partial charge in [-0.3, -0.25) is 0 Å². The molecule has 0 radical (unpaired) electrons. The highest BCUT2D eigenvalue weighted by Gasteiger charge is 2.44. The van der Waals surface area contributed by atoms with Crippen LogP contribution in [0.3, 0.4) is 0 Å². The largest absolute Gasteiger partial charge is 0.354 e. The van der Waals surface area contributed by atoms with E-state index < -0.39 is 5.54 Å². The van der Waals surface area contributed by atoms with Crippen LogP contribution in [0.25, 0.3) is 22.4 Å². The third-order valence-corrected chi connectivity index (χ3v) is 8.72. The van der Waals surface area contributed by atoms with Gasteiger partial charge in [-0.25, -0.2) is 0 Å². The van der Waals surface area contributed by atoms with Gasteiger partial charge in [0.25, 0.3) is 0 Å². The van der Waals surface area contributed by atoms with Crippen LogP contribution < -0.4 is 5.32 Å². The zero-order valence-electron chi connectivity index (χ0n) is 24.3. The maximum absolute atomic E-state index is 4.16. The summed E-state index contributed by atoms with van der Waals surface area (Å²) in [6.07, 6.45) is 13.0. The molecule has 0 unspecified atom stereocenters. The Hall–Kier alpha value is -4.04. The number of fused-ring (bicyclic) bond motifs is 8. The Kier molecular flexibility index (Phi) is 5.61. The summed E-state index contributed by atoms with van der Waals surface area (Å²) in [5, 5.41) is 4.16. The first kappa shape index (κ1) is 25.0. The molecule has 40 heavy (non-hydrogen) atoms. The topological polar surface area (TPSA) is 15.3 Å². The predicted octanol–water partition coefficient (Wildman–Crippen LogP) is 9.05. The van der Waals surface area contributed by atoms with Gasteiger partial charge < -0.3 is 10.2 Å². The van der Waals surface area contributed by atoms with Gasteiger partial charge >= 0.3 is 0 Å². The minimum absolute atomic E-state index is 0.0655. The second kappa shape index (κ2) is 8.99. The highest BCUT2D eigenvalue weighted by atomic mass is 15.3. The van der Waals surface area contributed by atoms with Crippen molar-refractivity contribution >= 4 is 11.3 Å². The molecule has 200 valence electrons. The van der Waals surface area contributed by atoms with Gasteiger partial charge in [-0.05, 0) is 69.4 Å². The number of nitrogens with one attached hydrogen (secondary N) is 1. The van der Waals surface area contributed by atoms with Gasteiger partial charge in [0.15, 0.2) is 0 Å². The summed E-state index contributed by atoms with van der Waals surface area (Å²) in [5.41, 5.74) is 12.9. The van der Waals surface area contributed by atoms with Crippen LogP contribution in [0.2, 0.25) is 0 Å². The summed E-state index contributed by atoms with van der Waals surface area (Å²) in [6.45, 7) is 12.5. The van der Waals surface area contributed by atoms with E-state index >= 15 is 0 Å². The maximum atomic E-state index is 4.16. The first-order valence-electron chi connectivity index (χ1n) is 14.7. The number of benzene rings is 3. The fourth-order valence-corrected chi connectivity index (χ4v) is 6.76. The normalized spacial score (nSPS) is 20.9. The summed E-state index contributed by atoms with van der Waals surface area (Å²) in [6, 6.07) is 26.8. The van der Waals surface area contributed by atoms with Crippen LogP contribution in [-0.2, 0) is 5.54 Å². The van der Waals surface area contributed by atoms with E-state index in [1.165, 1.54) is 61.6 Å². The van der Waals surface area contributed by atoms with Crippen molar-refractivity contribution in [1.82, 2.24) is 10.2 Å². The Balaban J connectivity index is 1.48. The number of nitrogens with zero attached hydrogens (tertiary/aromatic N) is 1. The average molecular weight is 523 g/mol. The van der Waals surface area contributed by atoms with Gasteiger partial charge in [0.2, 0.25) is 0 Å². The third-order valence-electron chi connectivity index (χ3n) is 8.72. The Morgan fingerprint density at radius 3 is 2.33 bits per heavy atom. The van der Waals surface area contributed by atoms with Crippen molar-refractivity contribution in [3.8, 4) is 11.1 Å². The van der Waals surface area contributed by atoms with Crippen molar-refractivity contribution in [2.75, 3.05) is 6.54 Å². The molecule has 1 spiro atoms. The average Bonchev–Trinajstić information content (AvgIpc) is 3.38. The first-order chi connectivity index (χ1) is 19.2. The lowest BCUT2D eigenvalue weighted by Crippen LogP contribution is -2.48. The second-order valence-electron chi connectivity index (χ2n) is 13.1. The van der Waals surface area contributed by atoms with Gasteiger partial charge in [-0.2, -0.15) is 0 Å². The highest BCUT2D eigenvalue weighted by molar-refractivity contribution is 5.96. The molecule has 0 saturated heterocycles. The number of hydrogen-bond acceptors (Lipinski definition) is 2. The van der Waals surface area contributed by atoms with Crippen molar-refractivity contribution in [1.29, 1.82) is 0 Å². The molecule has 0 saturated carbocycles. The standard InChI is InChI=1S/C38H38N2/c1-25(2)21-26-15-18-34-30-13-9-10-14-31(30)35-32-17-16-28(27-11-7-6-8-12-27)22-33(32)38(39-36(35)40(34)24-26)20-19-29(23-38)37(3,4)5/h6-20,22-23,25,39H,21,24H2,1-5H3/t38-/m1/s1. The smallest absolute Gasteiger partial charge is 0.116 e. The minimum Gasteiger partial charge on any atom is -0.354 e. The molecule has 4 aliphatic rings. The molecule has 0 aromatic heterocycles. The summed E-state index contributed by atoms with van der Waals surface area (Å²) in [7, 11) is 0. The summed E-state index contributed by atoms with van der Waals surface area (Å²) in [4.78, 5) is 2.54. The van der Waals surface area contributed by atoms with Crippen molar-refractivity contribution < 1.29 is 0 Å². The SMILES string of the molecule is CC(C)CC1=CC=C2c3ccccc3C3=C(N[C@@]4(C=CC(C(C)(C)C)=C4)c4cc(-c5ccccc5)ccc43)N2C1. The van der Waals surface area contributed by atoms with Crippen molar-refractivity contribution in [2.45, 2.75) is 46.6 Å². The molecule has 2 heteroatoms. The molecule has 3 aliphatic heterocycles. The highest BCUT2D eigenvalue weighted by Crippen LogP contribution is 2.51. The molecule has 1 N–H and O–H groups in total. The van der Waals surface area contributed by atoms with Crippen LogP contribution in [0.15, 0.2) is 120 Å². The third kappa shape index (κ3) is 3.92. The Morgan fingerprint density at radius 1 is 0.850 bits per heavy atom. The Labute approximate surface area is 239 Å². The molecular formula is C38H38N2. The predicted molar refractivity (Wildman–Crippen MR) is 168 cm³/mol. The molecule has 0 fully saturated rings. The van der Waals surface area contributed by atoms with Crippen LogP contribution in [-0.4, -0.2) is 11.4 Å². The lowest BCUT2D eigenvalue weighted by Gasteiger charge is -2.47. The summed E-state index contributed by atoms with van der Waals surface area (Å²) in [5.74, 6) is 1.85. The summed E-state index contributed by atoms with van der Waals surface area (Å²) >= 11 is 0. The molecule has 0 bridgehead atoms. The van der Waals surface area contributed by atoms with Crippen molar-refractivity contribution in [3.63, 3.8) is 0 Å². The van der Waals surface area contributed by atoms with E-state index in [0.29, 0.717) is 5.92 Å². The van der Waals surface area contributed by atoms with E-state index in [0.717, 1.165) is 13.0 Å². The van der Waals surface area contributed by atoms with Gasteiger partial charge in [0.1, 0.15) is 11.4 Å². The van der Waals surface area contributed by atoms with Crippen LogP contribution in [0, 0.1) is 11.3 Å². The van der Waals surface area contributed by atoms with Gasteiger partial charge in [-0.1, -0.05) is 125 Å². The van der Waals surface area contributed by atoms with E-state index in [4.69, 9.17) is 0 Å². The minimum atomic E-state index is -0.404. The molecule has 1 aliphatic carbocycles. The number of hydrogen-bond donors (Lipinski definition) is 1. The Morgan fingerprint density at radius 2 is 1.60 bits per heavy atom. The lowest BCUT2D eigenvalue weighted by atomic mass is 9.75. The van der Waals surface area contributed by atoms with Gasteiger partial charge in [0, 0.05) is 17.7 Å². The molecule has 3 aromatic rings. The molecular weight excluding hydrogens is 484 g/mol. The fourth-order valence-electron chi connectivity index (χ4n) is 6.76. The molecule has 0 amide bonds. The van der Waals surface area contributed by atoms with E-state index in [2.05, 4.69) is 148 Å². The fraction of sp³-hybridized carbons (Fsp3) is 0.263. The van der Waals surface area contributed by atoms with E-state index in [1.54, 1.807) is 0 Å². The van der Waals surface area contributed by atoms with E-state index in [9.17, 15) is 0 Å². The molecule has 3 aromatic carbocycles. The van der Waals surface area contributed by atoms with Gasteiger partial charge in [0.05, 0.1) is 5.70 Å². The zero-order chi connectivity index (χ0) is 27.6. The Bertz CT molecular complexity index is 1670. The van der Waals surface area contributed by atoms with E-state index in [1.807, 2.05) is 0 Å². The first-order valence-corrected chi connectivity index (χ1v) is 14.7. The van der Waals surface area contributed by atoms with Crippen LogP contribution >= 0.6 is 0 Å². The molecule has 3 heterocycles. The number of allylic oxidation sites excluding steroid dienone is 4. The van der Waals surface area contributed by atoms with E-state index in [-0.39, 0.29) is 5.41 Å². The monoisotopic (exact) mass is 522 g/mol. The summed E-state index contributed by atoms with van der Waals surface area (Å²) < 4.78 is 0. The van der Waals surface area contributed by atoms with Crippen LogP contribution in [0.1, 0.15) is 63.3 Å². The van der Waals surface area contributed by atoms with Gasteiger partial charge in [-0.15, -0.1) is 0 Å². The maximum Gasteiger partial charge on any atom is 0.116 e. The second-order valence-corrected chi connectivity index (χ2v) is 13.1. The van der Waals surface area contributed by atoms with Crippen molar-refractivity contribution in [2.24, 2.45) is 11.3 Å². The lowest BCUT2D eigenvalue weighted by molar-refractivity contribution is 0.407. The van der Waals surface area contributed by atoms with Crippen LogP contribution in [0.5, 0.6) is 0 Å². The van der Waals surface area contributed by atoms with Crippen LogP contribution in [0.4, 0.5) is 0 Å². The quantitative estimate of drug-likeness (QED) is 0.369. The zero-order valence-corrected chi connectivity index (χ0v) is 24.3.